The fraction of sp³-hybridized carbons (Fsp3) is 0.714. The van der Waals surface area contributed by atoms with E-state index in [-0.39, 0.29) is 0 Å². The number of hydrogen-bond donors (Lipinski definition) is 0. The molecule has 0 aromatic rings. The van der Waals surface area contributed by atoms with E-state index in [1.54, 1.807) is 0 Å². The van der Waals surface area contributed by atoms with E-state index in [0.29, 0.717) is 17.6 Å². The quantitative estimate of drug-likeness (QED) is 0.529. The van der Waals surface area contributed by atoms with Gasteiger partial charge in [0.2, 0.25) is 0 Å². The molecule has 0 N–H and O–H groups in total. The average Bonchev–Trinajstić information content (AvgIpc) is 1.87. The standard InChI is InChI=1S/C7H14FN/c1-4-7(3)6-9(8)5-2/h5,7H,2,4,6H2,1,3H3. The Balaban J connectivity index is 3.33. The predicted molar refractivity (Wildman–Crippen MR) is 37.5 cm³/mol. The summed E-state index contributed by atoms with van der Waals surface area (Å²) in [7, 11) is 0. The van der Waals surface area contributed by atoms with Crippen LogP contribution in [0.4, 0.5) is 4.48 Å². The van der Waals surface area contributed by atoms with Crippen molar-refractivity contribution in [3.05, 3.63) is 12.8 Å². The Morgan fingerprint density at radius 1 is 1.78 bits per heavy atom. The summed E-state index contributed by atoms with van der Waals surface area (Å²) in [4.78, 5) is 0. The summed E-state index contributed by atoms with van der Waals surface area (Å²) in [5.74, 6) is 0.410. The number of rotatable bonds is 4. The first kappa shape index (κ1) is 8.47. The monoisotopic (exact) mass is 131 g/mol. The van der Waals surface area contributed by atoms with Crippen LogP contribution in [-0.4, -0.2) is 11.7 Å². The molecular formula is C7H14FN. The first-order chi connectivity index (χ1) is 4.20. The molecule has 0 aliphatic rings. The molecule has 0 radical (unpaired) electrons. The van der Waals surface area contributed by atoms with Crippen LogP contribution < -0.4 is 0 Å². The molecule has 1 atom stereocenters. The summed E-state index contributed by atoms with van der Waals surface area (Å²) >= 11 is 0. The van der Waals surface area contributed by atoms with Crippen molar-refractivity contribution in [1.82, 2.24) is 5.12 Å². The average molecular weight is 131 g/mol. The summed E-state index contributed by atoms with van der Waals surface area (Å²) in [6.07, 6.45) is 2.21. The van der Waals surface area contributed by atoms with Crippen LogP contribution in [0.1, 0.15) is 20.3 Å². The second kappa shape index (κ2) is 4.36. The van der Waals surface area contributed by atoms with E-state index in [0.717, 1.165) is 6.42 Å². The van der Waals surface area contributed by atoms with Gasteiger partial charge in [-0.25, -0.2) is 5.12 Å². The van der Waals surface area contributed by atoms with Crippen LogP contribution in [0.15, 0.2) is 12.8 Å². The molecular weight excluding hydrogens is 117 g/mol. The lowest BCUT2D eigenvalue weighted by atomic mass is 10.1. The summed E-state index contributed by atoms with van der Waals surface area (Å²) in [6.45, 7) is 7.81. The zero-order chi connectivity index (χ0) is 7.28. The maximum Gasteiger partial charge on any atom is 0.0524 e. The summed E-state index contributed by atoms with van der Waals surface area (Å²) in [5.41, 5.74) is 0. The Kier molecular flexibility index (Phi) is 4.10. The van der Waals surface area contributed by atoms with E-state index in [9.17, 15) is 4.48 Å². The van der Waals surface area contributed by atoms with Gasteiger partial charge < -0.3 is 0 Å². The highest BCUT2D eigenvalue weighted by atomic mass is 19.2. The number of nitrogens with zero attached hydrogens (tertiary/aromatic N) is 1. The normalized spacial score (nSPS) is 12.8. The van der Waals surface area contributed by atoms with Crippen molar-refractivity contribution in [2.75, 3.05) is 6.54 Å². The van der Waals surface area contributed by atoms with Gasteiger partial charge >= 0.3 is 0 Å². The third-order valence-corrected chi connectivity index (χ3v) is 1.38. The van der Waals surface area contributed by atoms with E-state index in [4.69, 9.17) is 0 Å². The molecule has 0 heterocycles. The molecule has 1 unspecified atom stereocenters. The van der Waals surface area contributed by atoms with Crippen molar-refractivity contribution < 1.29 is 4.48 Å². The molecule has 1 nitrogen and oxygen atoms in total. The van der Waals surface area contributed by atoms with Gasteiger partial charge in [-0.3, -0.25) is 0 Å². The molecule has 0 aliphatic carbocycles. The van der Waals surface area contributed by atoms with Crippen LogP contribution in [0.25, 0.3) is 0 Å². The van der Waals surface area contributed by atoms with Crippen molar-refractivity contribution in [1.29, 1.82) is 0 Å². The molecule has 2 heteroatoms. The summed E-state index contributed by atoms with van der Waals surface area (Å²) in [6, 6.07) is 0. The smallest absolute Gasteiger partial charge is 0.0524 e. The van der Waals surface area contributed by atoms with Gasteiger partial charge in [-0.2, -0.15) is 0 Å². The molecule has 0 aromatic carbocycles. The Labute approximate surface area is 56.1 Å². The summed E-state index contributed by atoms with van der Waals surface area (Å²) < 4.78 is 12.3. The summed E-state index contributed by atoms with van der Waals surface area (Å²) in [5, 5.41) is 0.619. The van der Waals surface area contributed by atoms with Crippen LogP contribution in [-0.2, 0) is 0 Å². The Bertz CT molecular complexity index is 83.0. The Morgan fingerprint density at radius 2 is 2.33 bits per heavy atom. The third kappa shape index (κ3) is 4.01. The molecule has 0 rings (SSSR count). The van der Waals surface area contributed by atoms with Crippen molar-refractivity contribution in [2.45, 2.75) is 20.3 Å². The van der Waals surface area contributed by atoms with Crippen molar-refractivity contribution in [3.8, 4) is 0 Å². The van der Waals surface area contributed by atoms with Gasteiger partial charge in [0.15, 0.2) is 0 Å². The van der Waals surface area contributed by atoms with Gasteiger partial charge in [-0.1, -0.05) is 26.8 Å². The SMILES string of the molecule is C=CN(F)CC(C)CC. The largest absolute Gasteiger partial charge is 0.219 e. The molecule has 0 saturated heterocycles. The predicted octanol–water partition coefficient (Wildman–Crippen LogP) is 2.36. The lowest BCUT2D eigenvalue weighted by Gasteiger charge is -2.12. The molecule has 0 bridgehead atoms. The van der Waals surface area contributed by atoms with Gasteiger partial charge in [0.05, 0.1) is 6.54 Å². The van der Waals surface area contributed by atoms with Gasteiger partial charge in [-0.15, -0.1) is 4.48 Å². The molecule has 0 saturated carbocycles. The zero-order valence-electron chi connectivity index (χ0n) is 6.10. The minimum atomic E-state index is 0.410. The minimum Gasteiger partial charge on any atom is -0.219 e. The van der Waals surface area contributed by atoms with Gasteiger partial charge in [0.1, 0.15) is 0 Å². The van der Waals surface area contributed by atoms with E-state index in [1.165, 1.54) is 6.20 Å². The lowest BCUT2D eigenvalue weighted by molar-refractivity contribution is 0.0715. The lowest BCUT2D eigenvalue weighted by Crippen LogP contribution is -2.13. The topological polar surface area (TPSA) is 3.24 Å². The number of hydrogen-bond acceptors (Lipinski definition) is 1. The first-order valence-corrected chi connectivity index (χ1v) is 3.25. The van der Waals surface area contributed by atoms with E-state index >= 15 is 0 Å². The highest BCUT2D eigenvalue weighted by Gasteiger charge is 2.01. The molecule has 54 valence electrons. The Hall–Kier alpha value is -0.530. The van der Waals surface area contributed by atoms with Gasteiger partial charge in [0.25, 0.3) is 0 Å². The highest BCUT2D eigenvalue weighted by Crippen LogP contribution is 2.03. The van der Waals surface area contributed by atoms with Crippen LogP contribution in [0, 0.1) is 5.92 Å². The van der Waals surface area contributed by atoms with E-state index in [1.807, 2.05) is 13.8 Å². The third-order valence-electron chi connectivity index (χ3n) is 1.38. The molecule has 0 fully saturated rings. The highest BCUT2D eigenvalue weighted by molar-refractivity contribution is 4.63. The maximum atomic E-state index is 12.3. The van der Waals surface area contributed by atoms with E-state index < -0.39 is 0 Å². The van der Waals surface area contributed by atoms with Crippen molar-refractivity contribution in [2.24, 2.45) is 5.92 Å². The Morgan fingerprint density at radius 3 is 2.67 bits per heavy atom. The first-order valence-electron chi connectivity index (χ1n) is 3.25. The maximum absolute atomic E-state index is 12.3. The fourth-order valence-corrected chi connectivity index (χ4v) is 0.501. The second-order valence-corrected chi connectivity index (χ2v) is 2.28. The molecule has 0 amide bonds. The molecule has 9 heavy (non-hydrogen) atoms. The van der Waals surface area contributed by atoms with Gasteiger partial charge in [0, 0.05) is 6.20 Å². The van der Waals surface area contributed by atoms with Crippen LogP contribution >= 0.6 is 0 Å². The number of halogens is 1. The van der Waals surface area contributed by atoms with Gasteiger partial charge in [-0.05, 0) is 5.92 Å². The molecule has 0 aliphatic heterocycles. The fourth-order valence-electron chi connectivity index (χ4n) is 0.501. The van der Waals surface area contributed by atoms with Crippen molar-refractivity contribution >= 4 is 0 Å². The van der Waals surface area contributed by atoms with Crippen LogP contribution in [0.5, 0.6) is 0 Å². The molecule has 0 aromatic heterocycles. The zero-order valence-corrected chi connectivity index (χ0v) is 6.10. The van der Waals surface area contributed by atoms with Crippen LogP contribution in [0.2, 0.25) is 0 Å². The minimum absolute atomic E-state index is 0.410. The van der Waals surface area contributed by atoms with Crippen LogP contribution in [0.3, 0.4) is 0 Å². The second-order valence-electron chi connectivity index (χ2n) is 2.28. The molecule has 0 spiro atoms. The van der Waals surface area contributed by atoms with Crippen molar-refractivity contribution in [3.63, 3.8) is 0 Å². The van der Waals surface area contributed by atoms with E-state index in [2.05, 4.69) is 6.58 Å².